The maximum atomic E-state index is 4.57. The fraction of sp³-hybridized carbons (Fsp3) is 0.769. The molecule has 1 aromatic rings. The Morgan fingerprint density at radius 3 is 2.81 bits per heavy atom. The Bertz CT molecular complexity index is 326. The highest BCUT2D eigenvalue weighted by Crippen LogP contribution is 2.36. The molecule has 0 spiro atoms. The van der Waals surface area contributed by atoms with Gasteiger partial charge in [-0.3, -0.25) is 0 Å². The number of hydrogen-bond acceptors (Lipinski definition) is 3. The summed E-state index contributed by atoms with van der Waals surface area (Å²) in [6, 6.07) is 0. The maximum absolute atomic E-state index is 4.57. The number of nitrogens with zero attached hydrogens (tertiary/aromatic N) is 1. The van der Waals surface area contributed by atoms with Gasteiger partial charge in [0.1, 0.15) is 0 Å². The van der Waals surface area contributed by atoms with E-state index in [0.29, 0.717) is 5.41 Å². The summed E-state index contributed by atoms with van der Waals surface area (Å²) in [5.41, 5.74) is 1.76. The highest BCUT2D eigenvalue weighted by atomic mass is 32.1. The molecule has 1 fully saturated rings. The van der Waals surface area contributed by atoms with E-state index in [0.717, 1.165) is 19.5 Å². The molecule has 0 aromatic carbocycles. The van der Waals surface area contributed by atoms with Crippen molar-refractivity contribution in [1.82, 2.24) is 10.3 Å². The second-order valence-corrected chi connectivity index (χ2v) is 6.15. The SMILES string of the molecule is CCc1nc(CNCC2(C)CCCC2)cs1. The van der Waals surface area contributed by atoms with Gasteiger partial charge in [-0.05, 0) is 24.7 Å². The highest BCUT2D eigenvalue weighted by molar-refractivity contribution is 7.09. The van der Waals surface area contributed by atoms with E-state index >= 15 is 0 Å². The molecule has 0 saturated heterocycles. The van der Waals surface area contributed by atoms with Gasteiger partial charge >= 0.3 is 0 Å². The Hall–Kier alpha value is -0.410. The Balaban J connectivity index is 1.75. The van der Waals surface area contributed by atoms with Crippen molar-refractivity contribution < 1.29 is 0 Å². The normalized spacial score (nSPS) is 19.1. The van der Waals surface area contributed by atoms with Gasteiger partial charge in [0.25, 0.3) is 0 Å². The van der Waals surface area contributed by atoms with E-state index in [1.807, 2.05) is 0 Å². The van der Waals surface area contributed by atoms with Gasteiger partial charge in [-0.2, -0.15) is 0 Å². The minimum atomic E-state index is 0.545. The summed E-state index contributed by atoms with van der Waals surface area (Å²) < 4.78 is 0. The van der Waals surface area contributed by atoms with Gasteiger partial charge in [-0.1, -0.05) is 26.7 Å². The van der Waals surface area contributed by atoms with E-state index in [9.17, 15) is 0 Å². The van der Waals surface area contributed by atoms with Crippen molar-refractivity contribution in [1.29, 1.82) is 0 Å². The largest absolute Gasteiger partial charge is 0.311 e. The van der Waals surface area contributed by atoms with Crippen LogP contribution in [0.3, 0.4) is 0 Å². The van der Waals surface area contributed by atoms with Gasteiger partial charge in [0.2, 0.25) is 0 Å². The van der Waals surface area contributed by atoms with Gasteiger partial charge in [-0.25, -0.2) is 4.98 Å². The standard InChI is InChI=1S/C13H22N2S/c1-3-12-15-11(9-16-12)8-14-10-13(2)6-4-5-7-13/h9,14H,3-8,10H2,1-2H3. The van der Waals surface area contributed by atoms with Crippen LogP contribution in [0.1, 0.15) is 50.2 Å². The molecule has 1 N–H and O–H groups in total. The molecule has 2 rings (SSSR count). The molecular weight excluding hydrogens is 216 g/mol. The molecule has 0 radical (unpaired) electrons. The first-order valence-electron chi connectivity index (χ1n) is 6.36. The van der Waals surface area contributed by atoms with Crippen LogP contribution in [0.5, 0.6) is 0 Å². The highest BCUT2D eigenvalue weighted by Gasteiger charge is 2.27. The third-order valence-electron chi connectivity index (χ3n) is 3.57. The molecule has 3 heteroatoms. The molecule has 0 atom stereocenters. The molecular formula is C13H22N2S. The zero-order chi connectivity index (χ0) is 11.4. The van der Waals surface area contributed by atoms with Crippen LogP contribution >= 0.6 is 11.3 Å². The topological polar surface area (TPSA) is 24.9 Å². The lowest BCUT2D eigenvalue weighted by molar-refractivity contribution is 0.314. The van der Waals surface area contributed by atoms with Crippen molar-refractivity contribution in [3.8, 4) is 0 Å². The summed E-state index contributed by atoms with van der Waals surface area (Å²) in [6.07, 6.45) is 6.65. The first-order chi connectivity index (χ1) is 7.72. The van der Waals surface area contributed by atoms with E-state index in [1.165, 1.54) is 36.4 Å². The van der Waals surface area contributed by atoms with E-state index in [1.54, 1.807) is 11.3 Å². The zero-order valence-corrected chi connectivity index (χ0v) is 11.2. The smallest absolute Gasteiger partial charge is 0.0926 e. The van der Waals surface area contributed by atoms with Crippen LogP contribution in [0.15, 0.2) is 5.38 Å². The minimum Gasteiger partial charge on any atom is -0.311 e. The van der Waals surface area contributed by atoms with Gasteiger partial charge in [0.05, 0.1) is 10.7 Å². The first-order valence-corrected chi connectivity index (χ1v) is 7.24. The summed E-state index contributed by atoms with van der Waals surface area (Å²) in [6.45, 7) is 6.65. The Kier molecular flexibility index (Phi) is 3.98. The second-order valence-electron chi connectivity index (χ2n) is 5.21. The van der Waals surface area contributed by atoms with E-state index in [-0.39, 0.29) is 0 Å². The molecule has 1 heterocycles. The fourth-order valence-corrected chi connectivity index (χ4v) is 3.23. The van der Waals surface area contributed by atoms with Crippen LogP contribution in [0, 0.1) is 5.41 Å². The van der Waals surface area contributed by atoms with E-state index in [2.05, 4.69) is 29.5 Å². The molecule has 16 heavy (non-hydrogen) atoms. The summed E-state index contributed by atoms with van der Waals surface area (Å²) in [4.78, 5) is 4.57. The molecule has 1 saturated carbocycles. The summed E-state index contributed by atoms with van der Waals surface area (Å²) in [7, 11) is 0. The van der Waals surface area contributed by atoms with E-state index in [4.69, 9.17) is 0 Å². The second kappa shape index (κ2) is 5.28. The number of aryl methyl sites for hydroxylation is 1. The van der Waals surface area contributed by atoms with Crippen molar-refractivity contribution in [3.05, 3.63) is 16.1 Å². The lowest BCUT2D eigenvalue weighted by atomic mass is 9.89. The maximum Gasteiger partial charge on any atom is 0.0926 e. The zero-order valence-electron chi connectivity index (χ0n) is 10.4. The van der Waals surface area contributed by atoms with Crippen molar-refractivity contribution in [2.75, 3.05) is 6.54 Å². The molecule has 0 amide bonds. The average Bonchev–Trinajstić information content (AvgIpc) is 2.88. The van der Waals surface area contributed by atoms with Crippen LogP contribution in [0.25, 0.3) is 0 Å². The number of thiazole rings is 1. The summed E-state index contributed by atoms with van der Waals surface area (Å²) in [5.74, 6) is 0. The van der Waals surface area contributed by atoms with Crippen molar-refractivity contribution in [2.24, 2.45) is 5.41 Å². The van der Waals surface area contributed by atoms with Crippen molar-refractivity contribution >= 4 is 11.3 Å². The predicted molar refractivity (Wildman–Crippen MR) is 69.8 cm³/mol. The molecule has 0 bridgehead atoms. The number of rotatable bonds is 5. The molecule has 1 aliphatic carbocycles. The quantitative estimate of drug-likeness (QED) is 0.850. The Morgan fingerprint density at radius 2 is 2.19 bits per heavy atom. The molecule has 2 nitrogen and oxygen atoms in total. The van der Waals surface area contributed by atoms with Crippen LogP contribution in [0.2, 0.25) is 0 Å². The van der Waals surface area contributed by atoms with Crippen molar-refractivity contribution in [3.63, 3.8) is 0 Å². The van der Waals surface area contributed by atoms with Crippen LogP contribution < -0.4 is 5.32 Å². The van der Waals surface area contributed by atoms with Gasteiger partial charge < -0.3 is 5.32 Å². The molecule has 0 aliphatic heterocycles. The lowest BCUT2D eigenvalue weighted by Gasteiger charge is -2.23. The van der Waals surface area contributed by atoms with Gasteiger partial charge in [-0.15, -0.1) is 11.3 Å². The molecule has 1 aliphatic rings. The van der Waals surface area contributed by atoms with Crippen LogP contribution in [0.4, 0.5) is 0 Å². The van der Waals surface area contributed by atoms with Gasteiger partial charge in [0.15, 0.2) is 0 Å². The Morgan fingerprint density at radius 1 is 1.44 bits per heavy atom. The average molecular weight is 238 g/mol. The van der Waals surface area contributed by atoms with Crippen LogP contribution in [-0.2, 0) is 13.0 Å². The number of aromatic nitrogens is 1. The third-order valence-corrected chi connectivity index (χ3v) is 4.61. The van der Waals surface area contributed by atoms with Crippen LogP contribution in [-0.4, -0.2) is 11.5 Å². The molecule has 1 aromatic heterocycles. The summed E-state index contributed by atoms with van der Waals surface area (Å²) in [5, 5.41) is 7.00. The minimum absolute atomic E-state index is 0.545. The van der Waals surface area contributed by atoms with E-state index < -0.39 is 0 Å². The number of nitrogens with one attached hydrogen (secondary N) is 1. The van der Waals surface area contributed by atoms with Gasteiger partial charge in [0, 0.05) is 18.5 Å². The Labute approximate surface area is 102 Å². The number of hydrogen-bond donors (Lipinski definition) is 1. The summed E-state index contributed by atoms with van der Waals surface area (Å²) >= 11 is 1.78. The third kappa shape index (κ3) is 3.05. The molecule has 90 valence electrons. The van der Waals surface area contributed by atoms with Crippen molar-refractivity contribution in [2.45, 2.75) is 52.5 Å². The predicted octanol–water partition coefficient (Wildman–Crippen LogP) is 3.38. The lowest BCUT2D eigenvalue weighted by Crippen LogP contribution is -2.29. The first kappa shape index (κ1) is 12.1. The fourth-order valence-electron chi connectivity index (χ4n) is 2.49. The molecule has 0 unspecified atom stereocenters. The monoisotopic (exact) mass is 238 g/mol.